The van der Waals surface area contributed by atoms with Crippen molar-refractivity contribution in [2.24, 2.45) is 0 Å². The summed E-state index contributed by atoms with van der Waals surface area (Å²) in [6.07, 6.45) is 1.22. The molecule has 224 valence electrons. The van der Waals surface area contributed by atoms with Crippen LogP contribution in [0, 0.1) is 6.92 Å². The molecule has 0 fully saturated rings. The Morgan fingerprint density at radius 2 is 1.24 bits per heavy atom. The molecule has 0 saturated heterocycles. The lowest BCUT2D eigenvalue weighted by Gasteiger charge is -2.23. The number of sulfonamides is 2. The molecule has 0 amide bonds. The zero-order valence-corrected chi connectivity index (χ0v) is 26.1. The third kappa shape index (κ3) is 8.39. The van der Waals surface area contributed by atoms with Gasteiger partial charge in [-0.05, 0) is 62.7 Å². The van der Waals surface area contributed by atoms with Crippen molar-refractivity contribution in [1.82, 2.24) is 14.3 Å². The van der Waals surface area contributed by atoms with E-state index >= 15 is 0 Å². The van der Waals surface area contributed by atoms with Crippen molar-refractivity contribution in [2.45, 2.75) is 36.1 Å². The van der Waals surface area contributed by atoms with Gasteiger partial charge in [-0.25, -0.2) is 26.3 Å². The van der Waals surface area contributed by atoms with Gasteiger partial charge >= 0.3 is 0 Å². The lowest BCUT2D eigenvalue weighted by Crippen LogP contribution is -2.32. The quantitative estimate of drug-likeness (QED) is 0.189. The second-order valence-corrected chi connectivity index (χ2v) is 14.1. The number of nitrogens with zero attached hydrogens (tertiary/aromatic N) is 2. The third-order valence-electron chi connectivity index (χ3n) is 7.10. The predicted octanol–water partition coefficient (Wildman–Crippen LogP) is 4.75. The highest BCUT2D eigenvalue weighted by Crippen LogP contribution is 2.30. The highest BCUT2D eigenvalue weighted by atomic mass is 32.2. The number of hydrogen-bond donors (Lipinski definition) is 2. The second kappa shape index (κ2) is 14.3. The van der Waals surface area contributed by atoms with E-state index in [1.165, 1.54) is 0 Å². The lowest BCUT2D eigenvalue weighted by atomic mass is 10.1. The molecule has 42 heavy (non-hydrogen) atoms. The molecule has 0 unspecified atom stereocenters. The molecule has 0 bridgehead atoms. The first-order chi connectivity index (χ1) is 20.1. The lowest BCUT2D eigenvalue weighted by molar-refractivity contribution is 0.260. The minimum absolute atomic E-state index is 0.255. The Bertz CT molecular complexity index is 1680. The van der Waals surface area contributed by atoms with Crippen LogP contribution in [0.15, 0.2) is 101 Å². The van der Waals surface area contributed by atoms with Gasteiger partial charge in [0.1, 0.15) is 0 Å². The molecule has 0 aliphatic rings. The maximum atomic E-state index is 13.3. The van der Waals surface area contributed by atoms with Gasteiger partial charge in [-0.3, -0.25) is 4.90 Å². The van der Waals surface area contributed by atoms with Crippen LogP contribution in [0.2, 0.25) is 0 Å². The Kier molecular flexibility index (Phi) is 10.7. The largest absolute Gasteiger partial charge is 0.377 e. The Labute approximate surface area is 250 Å². The molecular formula is C32H40N4O4S2. The zero-order valence-electron chi connectivity index (χ0n) is 24.5. The summed E-state index contributed by atoms with van der Waals surface area (Å²) >= 11 is 0. The first-order valence-corrected chi connectivity index (χ1v) is 17.0. The molecule has 0 aliphatic carbocycles. The van der Waals surface area contributed by atoms with E-state index in [-0.39, 0.29) is 16.3 Å². The van der Waals surface area contributed by atoms with Crippen LogP contribution in [0.4, 0.5) is 5.69 Å². The van der Waals surface area contributed by atoms with Gasteiger partial charge in [0.2, 0.25) is 20.0 Å². The summed E-state index contributed by atoms with van der Waals surface area (Å²) in [5, 5.41) is 1.58. The van der Waals surface area contributed by atoms with E-state index < -0.39 is 20.0 Å². The molecule has 0 radical (unpaired) electrons. The van der Waals surface area contributed by atoms with Crippen molar-refractivity contribution in [2.75, 3.05) is 45.2 Å². The summed E-state index contributed by atoms with van der Waals surface area (Å²) in [5.41, 5.74) is 3.11. The summed E-state index contributed by atoms with van der Waals surface area (Å²) in [6, 6.07) is 27.9. The van der Waals surface area contributed by atoms with Crippen molar-refractivity contribution in [3.63, 3.8) is 0 Å². The van der Waals surface area contributed by atoms with Crippen molar-refractivity contribution >= 4 is 36.5 Å². The number of hydrogen-bond acceptors (Lipinski definition) is 6. The van der Waals surface area contributed by atoms with Crippen molar-refractivity contribution in [1.29, 1.82) is 0 Å². The fourth-order valence-corrected chi connectivity index (χ4v) is 7.27. The normalized spacial score (nSPS) is 12.2. The van der Waals surface area contributed by atoms with E-state index in [4.69, 9.17) is 0 Å². The van der Waals surface area contributed by atoms with E-state index in [0.717, 1.165) is 22.2 Å². The maximum Gasteiger partial charge on any atom is 0.241 e. The van der Waals surface area contributed by atoms with E-state index in [1.807, 2.05) is 68.4 Å². The van der Waals surface area contributed by atoms with Crippen LogP contribution < -0.4 is 14.3 Å². The summed E-state index contributed by atoms with van der Waals surface area (Å²) in [5.74, 6) is 0. The minimum atomic E-state index is -3.72. The van der Waals surface area contributed by atoms with Crippen LogP contribution >= 0.6 is 0 Å². The average Bonchev–Trinajstić information content (AvgIpc) is 2.97. The summed E-state index contributed by atoms with van der Waals surface area (Å²) < 4.78 is 57.4. The van der Waals surface area contributed by atoms with Crippen LogP contribution in [0.3, 0.4) is 0 Å². The van der Waals surface area contributed by atoms with E-state index in [2.05, 4.69) is 26.5 Å². The standard InChI is InChI=1S/C32H40N4O4S2/c1-26-17-19-28(20-18-26)41(37,38)33-21-9-23-36(25-27-11-5-4-6-12-27)24-10-22-34-42(39,40)32-16-8-13-29-30(32)14-7-15-31(29)35(2)3/h4-8,11-20,33-34H,9-10,21-25H2,1-3H3. The molecule has 4 rings (SSSR count). The molecule has 0 saturated carbocycles. The molecule has 4 aromatic rings. The molecule has 0 heterocycles. The summed E-state index contributed by atoms with van der Waals surface area (Å²) in [4.78, 5) is 4.72. The van der Waals surface area contributed by atoms with Gasteiger partial charge in [0.15, 0.2) is 0 Å². The fraction of sp³-hybridized carbons (Fsp3) is 0.312. The molecule has 8 nitrogen and oxygen atoms in total. The summed E-state index contributed by atoms with van der Waals surface area (Å²) in [6.45, 7) is 4.52. The smallest absolute Gasteiger partial charge is 0.241 e. The van der Waals surface area contributed by atoms with Gasteiger partial charge in [-0.1, -0.05) is 72.3 Å². The maximum absolute atomic E-state index is 13.3. The van der Waals surface area contributed by atoms with Crippen LogP contribution in [-0.4, -0.2) is 62.0 Å². The number of aryl methyl sites for hydroxylation is 1. The minimum Gasteiger partial charge on any atom is -0.377 e. The Morgan fingerprint density at radius 1 is 0.643 bits per heavy atom. The first kappa shape index (κ1) is 31.7. The number of anilines is 1. The average molecular weight is 609 g/mol. The Hall–Kier alpha value is -3.28. The predicted molar refractivity (Wildman–Crippen MR) is 171 cm³/mol. The van der Waals surface area contributed by atoms with E-state index in [1.54, 1.807) is 36.4 Å². The number of nitrogens with one attached hydrogen (secondary N) is 2. The van der Waals surface area contributed by atoms with E-state index in [9.17, 15) is 16.8 Å². The number of benzene rings is 4. The molecule has 0 aromatic heterocycles. The monoisotopic (exact) mass is 608 g/mol. The van der Waals surface area contributed by atoms with Gasteiger partial charge in [0.05, 0.1) is 9.79 Å². The van der Waals surface area contributed by atoms with Gasteiger partial charge in [0.25, 0.3) is 0 Å². The second-order valence-electron chi connectivity index (χ2n) is 10.6. The van der Waals surface area contributed by atoms with Crippen molar-refractivity contribution in [3.8, 4) is 0 Å². The third-order valence-corrected chi connectivity index (χ3v) is 10.1. The summed E-state index contributed by atoms with van der Waals surface area (Å²) in [7, 11) is -3.41. The molecular weight excluding hydrogens is 569 g/mol. The zero-order chi connectivity index (χ0) is 30.2. The van der Waals surface area contributed by atoms with Crippen molar-refractivity contribution in [3.05, 3.63) is 102 Å². The van der Waals surface area contributed by atoms with Crippen LogP contribution in [-0.2, 0) is 26.6 Å². The van der Waals surface area contributed by atoms with Crippen molar-refractivity contribution < 1.29 is 16.8 Å². The van der Waals surface area contributed by atoms with Crippen LogP contribution in [0.25, 0.3) is 10.8 Å². The number of fused-ring (bicyclic) bond motifs is 1. The molecule has 0 aliphatic heterocycles. The van der Waals surface area contributed by atoms with E-state index in [0.29, 0.717) is 44.4 Å². The molecule has 0 atom stereocenters. The van der Waals surface area contributed by atoms with Gasteiger partial charge in [-0.15, -0.1) is 0 Å². The van der Waals surface area contributed by atoms with Gasteiger partial charge in [0, 0.05) is 50.2 Å². The van der Waals surface area contributed by atoms with Crippen LogP contribution in [0.1, 0.15) is 24.0 Å². The fourth-order valence-electron chi connectivity index (χ4n) is 4.90. The SMILES string of the molecule is Cc1ccc(S(=O)(=O)NCCCN(CCCNS(=O)(=O)c2cccc3c(N(C)C)cccc23)Cc2ccccc2)cc1. The molecule has 4 aromatic carbocycles. The highest BCUT2D eigenvalue weighted by molar-refractivity contribution is 7.90. The van der Waals surface area contributed by atoms with Gasteiger partial charge < -0.3 is 4.90 Å². The number of rotatable bonds is 15. The highest BCUT2D eigenvalue weighted by Gasteiger charge is 2.19. The van der Waals surface area contributed by atoms with Gasteiger partial charge in [-0.2, -0.15) is 0 Å². The van der Waals surface area contributed by atoms with Crippen LogP contribution in [0.5, 0.6) is 0 Å². The Morgan fingerprint density at radius 3 is 1.88 bits per heavy atom. The topological polar surface area (TPSA) is 98.8 Å². The first-order valence-electron chi connectivity index (χ1n) is 14.1. The Balaban J connectivity index is 1.35. The molecule has 2 N–H and O–H groups in total. The molecule has 10 heteroatoms. The molecule has 0 spiro atoms.